The molecule has 199 valence electrons. The monoisotopic (exact) mass is 507 g/mol. The van der Waals surface area contributed by atoms with Crippen LogP contribution in [0, 0.1) is 0 Å². The van der Waals surface area contributed by atoms with E-state index in [2.05, 4.69) is 0 Å². The molecule has 0 spiro atoms. The maximum absolute atomic E-state index is 14.3. The Morgan fingerprint density at radius 2 is 0.865 bits per heavy atom. The summed E-state index contributed by atoms with van der Waals surface area (Å²) in [5, 5.41) is 14.3. The average Bonchev–Trinajstić information content (AvgIpc) is 2.96. The molecule has 0 aliphatic heterocycles. The second kappa shape index (κ2) is 17.0. The molecule has 0 aliphatic carbocycles. The third-order valence-corrected chi connectivity index (χ3v) is 5.95. The van der Waals surface area contributed by atoms with Crippen molar-refractivity contribution < 1.29 is 28.8 Å². The summed E-state index contributed by atoms with van der Waals surface area (Å²) in [6, 6.07) is 27.0. The summed E-state index contributed by atoms with van der Waals surface area (Å²) in [6.45, 7) is 7.72. The molecule has 0 bridgehead atoms. The Hall–Kier alpha value is -2.58. The lowest BCUT2D eigenvalue weighted by Gasteiger charge is -2.27. The van der Waals surface area contributed by atoms with Crippen LogP contribution < -0.4 is 0 Å². The van der Waals surface area contributed by atoms with Gasteiger partial charge in [0.05, 0.1) is 59.5 Å². The first-order chi connectivity index (χ1) is 18.2. The normalized spacial score (nSPS) is 11.6. The average molecular weight is 508 g/mol. The fourth-order valence-corrected chi connectivity index (χ4v) is 3.97. The van der Waals surface area contributed by atoms with Crippen LogP contribution in [0.15, 0.2) is 84.9 Å². The number of rotatable bonds is 19. The van der Waals surface area contributed by atoms with Crippen LogP contribution in [0.3, 0.4) is 0 Å². The Kier molecular flexibility index (Phi) is 13.3. The summed E-state index contributed by atoms with van der Waals surface area (Å²) in [5.74, 6) is 0. The predicted octanol–water partition coefficient (Wildman–Crippen LogP) is 5.05. The summed E-state index contributed by atoms with van der Waals surface area (Å²) >= 11 is 0. The number of hydrogen-bond acceptors (Lipinski definition) is 5. The van der Waals surface area contributed by atoms with Crippen LogP contribution in [0.5, 0.6) is 0 Å². The molecule has 0 atom stereocenters. The van der Waals surface area contributed by atoms with Crippen molar-refractivity contribution in [3.05, 3.63) is 107 Å². The minimum absolute atomic E-state index is 0.528. The molecular weight excluding hydrogens is 468 g/mol. The van der Waals surface area contributed by atoms with Crippen molar-refractivity contribution in [2.45, 2.75) is 18.9 Å². The van der Waals surface area contributed by atoms with E-state index in [4.69, 9.17) is 23.7 Å². The van der Waals surface area contributed by atoms with Gasteiger partial charge in [-0.25, -0.2) is 5.11 Å². The van der Waals surface area contributed by atoms with E-state index in [0.717, 1.165) is 28.7 Å². The van der Waals surface area contributed by atoms with Crippen molar-refractivity contribution in [3.8, 4) is 0 Å². The molecular formula is C31H39O6. The summed E-state index contributed by atoms with van der Waals surface area (Å²) < 4.78 is 27.3. The van der Waals surface area contributed by atoms with Gasteiger partial charge in [-0.3, -0.25) is 0 Å². The first-order valence-corrected chi connectivity index (χ1v) is 13.0. The second-order valence-corrected chi connectivity index (χ2v) is 8.51. The van der Waals surface area contributed by atoms with Gasteiger partial charge < -0.3 is 23.7 Å². The van der Waals surface area contributed by atoms with Gasteiger partial charge in [-0.05, 0) is 35.6 Å². The van der Waals surface area contributed by atoms with Crippen LogP contribution in [0.25, 0.3) is 0 Å². The molecule has 0 amide bonds. The molecule has 6 nitrogen and oxygen atoms in total. The highest BCUT2D eigenvalue weighted by atomic mass is 16.6. The Bertz CT molecular complexity index is 923. The van der Waals surface area contributed by atoms with Gasteiger partial charge in [-0.1, -0.05) is 84.9 Å². The molecule has 3 rings (SSSR count). The number of ether oxygens (including phenoxy) is 5. The van der Waals surface area contributed by atoms with E-state index in [9.17, 15) is 5.11 Å². The van der Waals surface area contributed by atoms with E-state index in [-0.39, 0.29) is 0 Å². The van der Waals surface area contributed by atoms with Crippen molar-refractivity contribution in [2.75, 3.05) is 66.1 Å². The Balaban J connectivity index is 1.33. The van der Waals surface area contributed by atoms with E-state index in [1.165, 1.54) is 0 Å². The topological polar surface area (TPSA) is 66.1 Å². The molecule has 0 N–H and O–H groups in total. The highest BCUT2D eigenvalue weighted by Gasteiger charge is 2.35. The smallest absolute Gasteiger partial charge is 0.179 e. The molecule has 37 heavy (non-hydrogen) atoms. The Morgan fingerprint density at radius 3 is 1.30 bits per heavy atom. The largest absolute Gasteiger partial charge is 0.379 e. The SMILES string of the molecule is CCOCCOCCOCCOCCOCCc1ccc(C([O])(c2ccccc2)c2ccccc2)cc1. The van der Waals surface area contributed by atoms with Crippen molar-refractivity contribution >= 4 is 0 Å². The minimum atomic E-state index is -1.46. The summed E-state index contributed by atoms with van der Waals surface area (Å²) in [6.07, 6.45) is 0.773. The van der Waals surface area contributed by atoms with Gasteiger partial charge in [0.15, 0.2) is 5.60 Å². The maximum Gasteiger partial charge on any atom is 0.179 e. The zero-order valence-corrected chi connectivity index (χ0v) is 21.8. The van der Waals surface area contributed by atoms with Gasteiger partial charge in [0.25, 0.3) is 0 Å². The van der Waals surface area contributed by atoms with Crippen LogP contribution in [0.2, 0.25) is 0 Å². The second-order valence-electron chi connectivity index (χ2n) is 8.51. The lowest BCUT2D eigenvalue weighted by molar-refractivity contribution is -0.00998. The van der Waals surface area contributed by atoms with Gasteiger partial charge in [0.2, 0.25) is 0 Å². The zero-order chi connectivity index (χ0) is 26.0. The van der Waals surface area contributed by atoms with Crippen molar-refractivity contribution in [1.82, 2.24) is 0 Å². The molecule has 3 aromatic carbocycles. The number of benzene rings is 3. The highest BCUT2D eigenvalue weighted by molar-refractivity contribution is 5.47. The lowest BCUT2D eigenvalue weighted by Crippen LogP contribution is -2.27. The third-order valence-electron chi connectivity index (χ3n) is 5.95. The van der Waals surface area contributed by atoms with Crippen LogP contribution in [0.4, 0.5) is 0 Å². The van der Waals surface area contributed by atoms with Crippen LogP contribution in [-0.2, 0) is 40.8 Å². The molecule has 1 radical (unpaired) electrons. The van der Waals surface area contributed by atoms with Crippen LogP contribution in [0.1, 0.15) is 29.2 Å². The van der Waals surface area contributed by atoms with Crippen LogP contribution >= 0.6 is 0 Å². The minimum Gasteiger partial charge on any atom is -0.379 e. The molecule has 0 heterocycles. The predicted molar refractivity (Wildman–Crippen MR) is 143 cm³/mol. The van der Waals surface area contributed by atoms with E-state index in [0.29, 0.717) is 66.1 Å². The fraction of sp³-hybridized carbons (Fsp3) is 0.419. The number of hydrogen-bond donors (Lipinski definition) is 0. The van der Waals surface area contributed by atoms with Gasteiger partial charge >= 0.3 is 0 Å². The Labute approximate surface area is 221 Å². The van der Waals surface area contributed by atoms with E-state index in [1.54, 1.807) is 0 Å². The molecule has 6 heteroatoms. The van der Waals surface area contributed by atoms with Gasteiger partial charge in [0, 0.05) is 6.61 Å². The lowest BCUT2D eigenvalue weighted by atomic mass is 9.80. The molecule has 3 aromatic rings. The third kappa shape index (κ3) is 9.67. The molecule has 0 aliphatic rings. The first kappa shape index (κ1) is 29.0. The van der Waals surface area contributed by atoms with Gasteiger partial charge in [-0.2, -0.15) is 0 Å². The summed E-state index contributed by atoms with van der Waals surface area (Å²) in [4.78, 5) is 0. The molecule has 0 unspecified atom stereocenters. The Morgan fingerprint density at radius 1 is 0.486 bits per heavy atom. The van der Waals surface area contributed by atoms with Gasteiger partial charge in [-0.15, -0.1) is 0 Å². The van der Waals surface area contributed by atoms with Crippen molar-refractivity contribution in [3.63, 3.8) is 0 Å². The van der Waals surface area contributed by atoms with E-state index >= 15 is 0 Å². The van der Waals surface area contributed by atoms with Crippen LogP contribution in [-0.4, -0.2) is 66.1 Å². The summed E-state index contributed by atoms with van der Waals surface area (Å²) in [7, 11) is 0. The summed E-state index contributed by atoms with van der Waals surface area (Å²) in [5.41, 5.74) is 1.85. The highest BCUT2D eigenvalue weighted by Crippen LogP contribution is 2.37. The van der Waals surface area contributed by atoms with E-state index in [1.807, 2.05) is 91.9 Å². The van der Waals surface area contributed by atoms with E-state index < -0.39 is 5.60 Å². The first-order valence-electron chi connectivity index (χ1n) is 13.0. The standard InChI is InChI=1S/C31H39O6/c1-2-33-19-20-35-23-24-37-26-25-36-22-21-34-18-17-27-13-15-30(16-14-27)31(32,28-9-5-3-6-10-28)29-11-7-4-8-12-29/h3-16H,2,17-26H2,1H3. The molecule has 0 saturated carbocycles. The zero-order valence-electron chi connectivity index (χ0n) is 21.8. The quantitative estimate of drug-likeness (QED) is 0.168. The van der Waals surface area contributed by atoms with Crippen molar-refractivity contribution in [1.29, 1.82) is 0 Å². The molecule has 0 aromatic heterocycles. The molecule has 0 saturated heterocycles. The van der Waals surface area contributed by atoms with Crippen molar-refractivity contribution in [2.24, 2.45) is 0 Å². The maximum atomic E-state index is 14.3. The fourth-order valence-electron chi connectivity index (χ4n) is 3.97. The van der Waals surface area contributed by atoms with Gasteiger partial charge in [0.1, 0.15) is 0 Å². The molecule has 0 fully saturated rings.